The molecule has 0 aliphatic rings. The van der Waals surface area contributed by atoms with Gasteiger partial charge in [-0.05, 0) is 71.8 Å². The maximum Gasteiger partial charge on any atom is 0.193 e. The summed E-state index contributed by atoms with van der Waals surface area (Å²) in [5, 5.41) is 7.33. The Morgan fingerprint density at radius 2 is 0.667 bits per heavy atom. The van der Waals surface area contributed by atoms with Crippen LogP contribution in [0.25, 0.3) is 67.1 Å². The topological polar surface area (TPSA) is 44.0 Å². The lowest BCUT2D eigenvalue weighted by molar-refractivity contribution is 0.613. The highest BCUT2D eigenvalue weighted by molar-refractivity contribution is 7.97. The van der Waals surface area contributed by atoms with E-state index in [0.717, 1.165) is 44.6 Å². The maximum atomic E-state index is 12.9. The molecule has 0 bridgehead atoms. The van der Waals surface area contributed by atoms with E-state index in [4.69, 9.17) is 0 Å². The van der Waals surface area contributed by atoms with Crippen LogP contribution in [-0.4, -0.2) is 17.6 Å². The Morgan fingerprint density at radius 1 is 0.378 bits per heavy atom. The third kappa shape index (κ3) is 4.84. The number of benzene rings is 6. The van der Waals surface area contributed by atoms with Crippen molar-refractivity contribution in [3.63, 3.8) is 0 Å². The van der Waals surface area contributed by atoms with E-state index >= 15 is 0 Å². The highest BCUT2D eigenvalue weighted by atomic mass is 32.2. The molecule has 0 atom stereocenters. The van der Waals surface area contributed by atoms with Gasteiger partial charge in [0.25, 0.3) is 0 Å². The molecule has 2 aromatic heterocycles. The van der Waals surface area contributed by atoms with Crippen molar-refractivity contribution in [2.45, 2.75) is 0 Å². The molecule has 0 aliphatic heterocycles. The van der Waals surface area contributed by atoms with Gasteiger partial charge < -0.3 is 9.13 Å². The van der Waals surface area contributed by atoms with Crippen LogP contribution in [0.1, 0.15) is 11.1 Å². The first-order valence-electron chi connectivity index (χ1n) is 14.8. The molecule has 0 saturated carbocycles. The number of rotatable bonds is 6. The second-order valence-electron chi connectivity index (χ2n) is 11.1. The molecular formula is C40H28N2O2S. The van der Waals surface area contributed by atoms with Gasteiger partial charge in [-0.2, -0.15) is 0 Å². The molecule has 8 aromatic rings. The summed E-state index contributed by atoms with van der Waals surface area (Å²) < 4.78 is 30.3. The number of fused-ring (bicyclic) bond motifs is 6. The molecule has 0 N–H and O–H groups in total. The van der Waals surface area contributed by atoms with Gasteiger partial charge in [-0.1, -0.05) is 97.1 Å². The van der Waals surface area contributed by atoms with Crippen molar-refractivity contribution < 1.29 is 8.42 Å². The summed E-state index contributed by atoms with van der Waals surface area (Å²) in [6.45, 7) is 0. The van der Waals surface area contributed by atoms with Gasteiger partial charge in [0.1, 0.15) is 0 Å². The van der Waals surface area contributed by atoms with Gasteiger partial charge in [0, 0.05) is 43.7 Å². The van der Waals surface area contributed by atoms with Crippen molar-refractivity contribution in [3.8, 4) is 11.4 Å². The van der Waals surface area contributed by atoms with Gasteiger partial charge in [-0.25, -0.2) is 8.42 Å². The van der Waals surface area contributed by atoms with Crippen LogP contribution in [0.5, 0.6) is 0 Å². The van der Waals surface area contributed by atoms with Crippen LogP contribution in [0.4, 0.5) is 0 Å². The highest BCUT2D eigenvalue weighted by Gasteiger charge is 2.12. The maximum absolute atomic E-state index is 12.9. The standard InChI is InChI=1S/C40H28N2O2S/c43-45(44,27-25-29-17-21-31(22-18-29)41-37-13-5-1-9-33(37)34-10-2-6-14-38(34)41)28-26-30-19-23-32(24-20-30)42-39-15-7-3-11-35(39)36-12-4-8-16-40(36)42/h1-28H/b27-25+,28-26+. The number of nitrogens with zero attached hydrogens (tertiary/aromatic N) is 2. The van der Waals surface area contributed by atoms with E-state index in [2.05, 4.69) is 81.9 Å². The molecule has 0 radical (unpaired) electrons. The number of para-hydroxylation sites is 4. The van der Waals surface area contributed by atoms with Gasteiger partial charge >= 0.3 is 0 Å². The Labute approximate surface area is 261 Å². The monoisotopic (exact) mass is 600 g/mol. The van der Waals surface area contributed by atoms with Gasteiger partial charge in [-0.15, -0.1) is 0 Å². The van der Waals surface area contributed by atoms with Gasteiger partial charge in [0.05, 0.1) is 22.1 Å². The van der Waals surface area contributed by atoms with Crippen LogP contribution in [0.2, 0.25) is 0 Å². The Balaban J connectivity index is 1.02. The smallest absolute Gasteiger partial charge is 0.193 e. The first-order valence-corrected chi connectivity index (χ1v) is 16.5. The fourth-order valence-corrected chi connectivity index (χ4v) is 7.05. The van der Waals surface area contributed by atoms with E-state index in [1.165, 1.54) is 32.4 Å². The summed E-state index contributed by atoms with van der Waals surface area (Å²) in [7, 11) is -3.57. The van der Waals surface area contributed by atoms with E-state index in [1.54, 1.807) is 12.2 Å². The molecule has 6 aromatic carbocycles. The summed E-state index contributed by atoms with van der Waals surface area (Å²) in [6, 6.07) is 49.4. The zero-order chi connectivity index (χ0) is 30.4. The first-order chi connectivity index (χ1) is 22.1. The molecule has 4 nitrogen and oxygen atoms in total. The first kappa shape index (κ1) is 26.9. The zero-order valence-electron chi connectivity index (χ0n) is 24.3. The van der Waals surface area contributed by atoms with Crippen molar-refractivity contribution in [1.29, 1.82) is 0 Å². The van der Waals surface area contributed by atoms with Gasteiger partial charge in [-0.3, -0.25) is 0 Å². The zero-order valence-corrected chi connectivity index (χ0v) is 25.1. The quantitative estimate of drug-likeness (QED) is 0.191. The van der Waals surface area contributed by atoms with E-state index in [0.29, 0.717) is 0 Å². The SMILES string of the molecule is O=S(=O)(/C=C/c1ccc(-n2c3ccccc3c3ccccc32)cc1)/C=C/c1ccc(-n2c3ccccc3c3ccccc32)cc1. The largest absolute Gasteiger partial charge is 0.309 e. The molecule has 8 rings (SSSR count). The average molecular weight is 601 g/mol. The summed E-state index contributed by atoms with van der Waals surface area (Å²) in [5.74, 6) is 0. The molecule has 45 heavy (non-hydrogen) atoms. The number of hydrogen-bond acceptors (Lipinski definition) is 2. The Morgan fingerprint density at radius 3 is 0.978 bits per heavy atom. The van der Waals surface area contributed by atoms with Crippen molar-refractivity contribution in [1.82, 2.24) is 9.13 Å². The van der Waals surface area contributed by atoms with Crippen LogP contribution < -0.4 is 0 Å². The molecule has 0 amide bonds. The average Bonchev–Trinajstić information content (AvgIpc) is 3.60. The summed E-state index contributed by atoms with van der Waals surface area (Å²) in [6.07, 6.45) is 3.28. The molecule has 0 unspecified atom stereocenters. The summed E-state index contributed by atoms with van der Waals surface area (Å²) in [5.41, 5.74) is 8.22. The fourth-order valence-electron chi connectivity index (χ4n) is 6.26. The van der Waals surface area contributed by atoms with Crippen LogP contribution in [-0.2, 0) is 9.84 Å². The highest BCUT2D eigenvalue weighted by Crippen LogP contribution is 2.33. The Kier molecular flexibility index (Phi) is 6.47. The third-order valence-electron chi connectivity index (χ3n) is 8.36. The van der Waals surface area contributed by atoms with Crippen molar-refractivity contribution in [2.75, 3.05) is 0 Å². The minimum Gasteiger partial charge on any atom is -0.309 e. The lowest BCUT2D eigenvalue weighted by Crippen LogP contribution is -1.94. The number of sulfone groups is 1. The normalized spacial score (nSPS) is 12.4. The Bertz CT molecular complexity index is 2250. The van der Waals surface area contributed by atoms with Crippen molar-refractivity contribution in [3.05, 3.63) is 168 Å². The van der Waals surface area contributed by atoms with E-state index < -0.39 is 9.84 Å². The van der Waals surface area contributed by atoms with Gasteiger partial charge in [0.15, 0.2) is 9.84 Å². The van der Waals surface area contributed by atoms with Gasteiger partial charge in [0.2, 0.25) is 0 Å². The van der Waals surface area contributed by atoms with Crippen LogP contribution in [0, 0.1) is 0 Å². The molecule has 0 fully saturated rings. The van der Waals surface area contributed by atoms with Crippen LogP contribution in [0.3, 0.4) is 0 Å². The van der Waals surface area contributed by atoms with E-state index in [9.17, 15) is 8.42 Å². The summed E-state index contributed by atoms with van der Waals surface area (Å²) >= 11 is 0. The lowest BCUT2D eigenvalue weighted by atomic mass is 10.2. The molecule has 0 saturated heterocycles. The minimum absolute atomic E-state index is 0.812. The number of aromatic nitrogens is 2. The Hall–Kier alpha value is -5.65. The second kappa shape index (κ2) is 10.8. The fraction of sp³-hybridized carbons (Fsp3) is 0. The lowest BCUT2D eigenvalue weighted by Gasteiger charge is -2.08. The molecular weight excluding hydrogens is 573 g/mol. The molecule has 2 heterocycles. The molecule has 5 heteroatoms. The second-order valence-corrected chi connectivity index (χ2v) is 12.8. The predicted octanol–water partition coefficient (Wildman–Crippen LogP) is 9.94. The van der Waals surface area contributed by atoms with E-state index in [-0.39, 0.29) is 0 Å². The number of hydrogen-bond donors (Lipinski definition) is 0. The van der Waals surface area contributed by atoms with E-state index in [1.807, 2.05) is 72.8 Å². The predicted molar refractivity (Wildman–Crippen MR) is 189 cm³/mol. The third-order valence-corrected chi connectivity index (χ3v) is 9.39. The molecule has 0 spiro atoms. The minimum atomic E-state index is -3.57. The van der Waals surface area contributed by atoms with Crippen molar-refractivity contribution in [2.24, 2.45) is 0 Å². The molecule has 216 valence electrons. The van der Waals surface area contributed by atoms with Crippen molar-refractivity contribution >= 4 is 65.6 Å². The summed E-state index contributed by atoms with van der Waals surface area (Å²) in [4.78, 5) is 0. The van der Waals surface area contributed by atoms with Crippen LogP contribution >= 0.6 is 0 Å². The molecule has 0 aliphatic carbocycles. The van der Waals surface area contributed by atoms with Crippen LogP contribution in [0.15, 0.2) is 156 Å².